The molecular formula is C12H17NOS. The van der Waals surface area contributed by atoms with E-state index in [1.54, 1.807) is 18.8 Å². The minimum absolute atomic E-state index is 0.161. The van der Waals surface area contributed by atoms with Crippen LogP contribution in [0, 0.1) is 13.8 Å². The van der Waals surface area contributed by atoms with Crippen LogP contribution in [-0.4, -0.2) is 25.6 Å². The van der Waals surface area contributed by atoms with Crippen molar-refractivity contribution in [2.75, 3.05) is 19.8 Å². The van der Waals surface area contributed by atoms with E-state index in [-0.39, 0.29) is 5.78 Å². The van der Waals surface area contributed by atoms with Crippen LogP contribution in [0.25, 0.3) is 0 Å². The monoisotopic (exact) mass is 223 g/mol. The standard InChI is InChI=1S/C12H17NOS/c1-8-5-10(15-4)6-11(9(8)2)12(14)7-13-3/h5-6,13H,7H2,1-4H3. The van der Waals surface area contributed by atoms with Gasteiger partial charge in [0.25, 0.3) is 0 Å². The van der Waals surface area contributed by atoms with Gasteiger partial charge in [0.1, 0.15) is 0 Å². The maximum absolute atomic E-state index is 11.8. The second kappa shape index (κ2) is 5.33. The van der Waals surface area contributed by atoms with Crippen molar-refractivity contribution < 1.29 is 4.79 Å². The van der Waals surface area contributed by atoms with Gasteiger partial charge in [0, 0.05) is 10.5 Å². The van der Waals surface area contributed by atoms with E-state index in [1.807, 2.05) is 26.2 Å². The van der Waals surface area contributed by atoms with Gasteiger partial charge < -0.3 is 5.32 Å². The van der Waals surface area contributed by atoms with Crippen LogP contribution in [0.1, 0.15) is 21.5 Å². The van der Waals surface area contributed by atoms with Crippen molar-refractivity contribution in [1.29, 1.82) is 0 Å². The highest BCUT2D eigenvalue weighted by Gasteiger charge is 2.11. The fourth-order valence-corrected chi connectivity index (χ4v) is 2.02. The van der Waals surface area contributed by atoms with Gasteiger partial charge in [0.15, 0.2) is 5.78 Å². The Balaban J connectivity index is 3.15. The van der Waals surface area contributed by atoms with Crippen LogP contribution in [0.3, 0.4) is 0 Å². The van der Waals surface area contributed by atoms with Crippen molar-refractivity contribution in [1.82, 2.24) is 5.32 Å². The molecule has 0 fully saturated rings. The first kappa shape index (κ1) is 12.3. The summed E-state index contributed by atoms with van der Waals surface area (Å²) in [6, 6.07) is 4.10. The molecule has 1 aromatic carbocycles. The Morgan fingerprint density at radius 2 is 2.07 bits per heavy atom. The molecule has 0 aromatic heterocycles. The quantitative estimate of drug-likeness (QED) is 0.628. The zero-order chi connectivity index (χ0) is 11.4. The zero-order valence-electron chi connectivity index (χ0n) is 9.68. The predicted octanol–water partition coefficient (Wildman–Crippen LogP) is 2.43. The Labute approximate surface area is 95.5 Å². The lowest BCUT2D eigenvalue weighted by atomic mass is 10.00. The van der Waals surface area contributed by atoms with Gasteiger partial charge >= 0.3 is 0 Å². The number of ketones is 1. The largest absolute Gasteiger partial charge is 0.313 e. The summed E-state index contributed by atoms with van der Waals surface area (Å²) in [5.41, 5.74) is 3.11. The first-order chi connectivity index (χ1) is 7.10. The van der Waals surface area contributed by atoms with Gasteiger partial charge in [-0.05, 0) is 50.4 Å². The number of rotatable bonds is 4. The molecule has 15 heavy (non-hydrogen) atoms. The summed E-state index contributed by atoms with van der Waals surface area (Å²) in [5, 5.41) is 2.89. The Morgan fingerprint density at radius 3 is 2.60 bits per heavy atom. The van der Waals surface area contributed by atoms with Crippen LogP contribution in [0.4, 0.5) is 0 Å². The fraction of sp³-hybridized carbons (Fsp3) is 0.417. The van der Waals surface area contributed by atoms with Crippen LogP contribution in [0.15, 0.2) is 17.0 Å². The Hall–Kier alpha value is -0.800. The maximum Gasteiger partial charge on any atom is 0.176 e. The fourth-order valence-electron chi connectivity index (χ4n) is 1.49. The highest BCUT2D eigenvalue weighted by Crippen LogP contribution is 2.22. The zero-order valence-corrected chi connectivity index (χ0v) is 10.5. The third kappa shape index (κ3) is 2.83. The summed E-state index contributed by atoms with van der Waals surface area (Å²) in [6.07, 6.45) is 2.02. The molecule has 0 unspecified atom stereocenters. The summed E-state index contributed by atoms with van der Waals surface area (Å²) in [4.78, 5) is 13.0. The number of carbonyl (C=O) groups is 1. The Morgan fingerprint density at radius 1 is 1.40 bits per heavy atom. The van der Waals surface area contributed by atoms with Crippen molar-refractivity contribution >= 4 is 17.5 Å². The van der Waals surface area contributed by atoms with E-state index in [2.05, 4.69) is 11.4 Å². The molecule has 0 aliphatic heterocycles. The number of nitrogens with one attached hydrogen (secondary N) is 1. The number of hydrogen-bond acceptors (Lipinski definition) is 3. The molecule has 0 bridgehead atoms. The van der Waals surface area contributed by atoms with E-state index in [0.717, 1.165) is 16.0 Å². The maximum atomic E-state index is 11.8. The van der Waals surface area contributed by atoms with Crippen molar-refractivity contribution in [3.63, 3.8) is 0 Å². The highest BCUT2D eigenvalue weighted by molar-refractivity contribution is 7.98. The second-order valence-electron chi connectivity index (χ2n) is 3.57. The molecule has 0 saturated heterocycles. The number of Topliss-reactive ketones (excluding diaryl/α,β-unsaturated/α-hetero) is 1. The van der Waals surface area contributed by atoms with Gasteiger partial charge in [0.05, 0.1) is 6.54 Å². The molecule has 0 spiro atoms. The summed E-state index contributed by atoms with van der Waals surface area (Å²) < 4.78 is 0. The van der Waals surface area contributed by atoms with Crippen LogP contribution < -0.4 is 5.32 Å². The molecule has 1 rings (SSSR count). The number of thioether (sulfide) groups is 1. The van der Waals surface area contributed by atoms with Crippen LogP contribution in [0.5, 0.6) is 0 Å². The topological polar surface area (TPSA) is 29.1 Å². The molecule has 0 amide bonds. The number of hydrogen-bond donors (Lipinski definition) is 1. The normalized spacial score (nSPS) is 10.4. The van der Waals surface area contributed by atoms with Gasteiger partial charge in [0.2, 0.25) is 0 Å². The lowest BCUT2D eigenvalue weighted by Crippen LogP contribution is -2.19. The molecule has 0 aliphatic rings. The van der Waals surface area contributed by atoms with Gasteiger partial charge in [-0.15, -0.1) is 11.8 Å². The first-order valence-corrected chi connectivity index (χ1v) is 6.15. The molecule has 0 heterocycles. The van der Waals surface area contributed by atoms with E-state index in [4.69, 9.17) is 0 Å². The van der Waals surface area contributed by atoms with Crippen molar-refractivity contribution in [2.24, 2.45) is 0 Å². The van der Waals surface area contributed by atoms with Crippen molar-refractivity contribution in [2.45, 2.75) is 18.7 Å². The van der Waals surface area contributed by atoms with Crippen LogP contribution >= 0.6 is 11.8 Å². The van der Waals surface area contributed by atoms with Gasteiger partial charge in [-0.25, -0.2) is 0 Å². The minimum Gasteiger partial charge on any atom is -0.313 e. The molecule has 82 valence electrons. The van der Waals surface area contributed by atoms with E-state index >= 15 is 0 Å². The van der Waals surface area contributed by atoms with Gasteiger partial charge in [-0.3, -0.25) is 4.79 Å². The third-order valence-electron chi connectivity index (χ3n) is 2.51. The summed E-state index contributed by atoms with van der Waals surface area (Å²) in [6.45, 7) is 4.45. The lowest BCUT2D eigenvalue weighted by Gasteiger charge is -2.10. The van der Waals surface area contributed by atoms with Gasteiger partial charge in [-0.1, -0.05) is 0 Å². The van der Waals surface area contributed by atoms with E-state index in [0.29, 0.717) is 6.54 Å². The van der Waals surface area contributed by atoms with Gasteiger partial charge in [-0.2, -0.15) is 0 Å². The summed E-state index contributed by atoms with van der Waals surface area (Å²) in [7, 11) is 1.79. The Kier molecular flexibility index (Phi) is 4.36. The number of aryl methyl sites for hydroxylation is 1. The Bertz CT molecular complexity index is 374. The van der Waals surface area contributed by atoms with E-state index in [9.17, 15) is 4.79 Å². The predicted molar refractivity (Wildman–Crippen MR) is 66.0 cm³/mol. The molecule has 0 atom stereocenters. The number of likely N-dealkylation sites (N-methyl/N-ethyl adjacent to an activating group) is 1. The van der Waals surface area contributed by atoms with E-state index in [1.165, 1.54) is 5.56 Å². The average Bonchev–Trinajstić information content (AvgIpc) is 2.22. The average molecular weight is 223 g/mol. The molecule has 0 radical (unpaired) electrons. The van der Waals surface area contributed by atoms with E-state index < -0.39 is 0 Å². The smallest absolute Gasteiger partial charge is 0.176 e. The molecular weight excluding hydrogens is 206 g/mol. The number of benzene rings is 1. The molecule has 2 nitrogen and oxygen atoms in total. The van der Waals surface area contributed by atoms with Crippen molar-refractivity contribution in [3.8, 4) is 0 Å². The summed E-state index contributed by atoms with van der Waals surface area (Å²) in [5.74, 6) is 0.161. The second-order valence-corrected chi connectivity index (χ2v) is 4.45. The minimum atomic E-state index is 0.161. The SMILES string of the molecule is CNCC(=O)c1cc(SC)cc(C)c1C. The lowest BCUT2D eigenvalue weighted by molar-refractivity contribution is 0.0992. The first-order valence-electron chi connectivity index (χ1n) is 4.93. The highest BCUT2D eigenvalue weighted by atomic mass is 32.2. The molecule has 1 N–H and O–H groups in total. The van der Waals surface area contributed by atoms with Crippen LogP contribution in [-0.2, 0) is 0 Å². The molecule has 3 heteroatoms. The summed E-state index contributed by atoms with van der Waals surface area (Å²) >= 11 is 1.67. The van der Waals surface area contributed by atoms with Crippen LogP contribution in [0.2, 0.25) is 0 Å². The molecule has 0 aliphatic carbocycles. The molecule has 0 saturated carbocycles. The van der Waals surface area contributed by atoms with Crippen molar-refractivity contribution in [3.05, 3.63) is 28.8 Å². The number of carbonyl (C=O) groups excluding carboxylic acids is 1. The molecule has 1 aromatic rings. The third-order valence-corrected chi connectivity index (χ3v) is 3.22.